The third kappa shape index (κ3) is 3.33. The highest BCUT2D eigenvalue weighted by molar-refractivity contribution is 6.02. The van der Waals surface area contributed by atoms with Gasteiger partial charge in [-0.1, -0.05) is 36.4 Å². The number of carbonyl (C=O) groups is 2. The third-order valence-electron chi connectivity index (χ3n) is 4.73. The fourth-order valence-electron chi connectivity index (χ4n) is 3.40. The van der Waals surface area contributed by atoms with Gasteiger partial charge in [0.25, 0.3) is 5.91 Å². The van der Waals surface area contributed by atoms with Crippen LogP contribution in [-0.4, -0.2) is 29.3 Å². The number of hydrogen-bond donors (Lipinski definition) is 1. The summed E-state index contributed by atoms with van der Waals surface area (Å²) in [6, 6.07) is 17.0. The molecule has 27 heavy (non-hydrogen) atoms. The minimum absolute atomic E-state index is 0.0480. The number of nitrogens with zero attached hydrogens (tertiary/aromatic N) is 1. The lowest BCUT2D eigenvalue weighted by atomic mass is 10.1. The Morgan fingerprint density at radius 1 is 1.04 bits per heavy atom. The molecule has 1 aliphatic heterocycles. The molecule has 3 aromatic rings. The molecule has 1 atom stereocenters. The minimum atomic E-state index is -0.687. The number of fused-ring (bicyclic) bond motifs is 1. The van der Waals surface area contributed by atoms with Crippen molar-refractivity contribution in [1.82, 2.24) is 4.90 Å². The summed E-state index contributed by atoms with van der Waals surface area (Å²) in [6.45, 7) is 0.429. The normalized spacial score (nSPS) is 16.4. The number of amides is 2. The first-order chi connectivity index (χ1) is 13.1. The third-order valence-corrected chi connectivity index (χ3v) is 4.73. The van der Waals surface area contributed by atoms with E-state index in [1.165, 1.54) is 11.0 Å². The van der Waals surface area contributed by atoms with E-state index in [4.69, 9.17) is 4.42 Å². The zero-order valence-corrected chi connectivity index (χ0v) is 14.6. The minimum Gasteiger partial charge on any atom is -0.422 e. The molecule has 0 aliphatic carbocycles. The van der Waals surface area contributed by atoms with Gasteiger partial charge in [-0.2, -0.15) is 0 Å². The number of para-hydroxylation sites is 2. The van der Waals surface area contributed by atoms with Gasteiger partial charge >= 0.3 is 5.63 Å². The lowest BCUT2D eigenvalue weighted by Crippen LogP contribution is -2.44. The number of carbonyl (C=O) groups excluding carboxylic acids is 2. The van der Waals surface area contributed by atoms with Crippen LogP contribution in [0.5, 0.6) is 0 Å². The molecule has 0 radical (unpaired) electrons. The molecule has 2 aromatic carbocycles. The number of hydrogen-bond acceptors (Lipinski definition) is 4. The molecular weight excluding hydrogens is 344 g/mol. The van der Waals surface area contributed by atoms with E-state index in [1.807, 2.05) is 24.3 Å². The molecular formula is C21H18N2O4. The van der Waals surface area contributed by atoms with E-state index in [1.54, 1.807) is 30.3 Å². The van der Waals surface area contributed by atoms with E-state index in [0.717, 1.165) is 0 Å². The first-order valence-electron chi connectivity index (χ1n) is 8.83. The lowest BCUT2D eigenvalue weighted by molar-refractivity contribution is -0.119. The van der Waals surface area contributed by atoms with Crippen LogP contribution in [0.4, 0.5) is 5.69 Å². The Balaban J connectivity index is 1.60. The molecule has 2 heterocycles. The van der Waals surface area contributed by atoms with Crippen molar-refractivity contribution < 1.29 is 14.0 Å². The summed E-state index contributed by atoms with van der Waals surface area (Å²) < 4.78 is 5.26. The van der Waals surface area contributed by atoms with Gasteiger partial charge in [-0.3, -0.25) is 9.59 Å². The van der Waals surface area contributed by atoms with Crippen molar-refractivity contribution in [2.24, 2.45) is 0 Å². The van der Waals surface area contributed by atoms with E-state index in [9.17, 15) is 14.4 Å². The summed E-state index contributed by atoms with van der Waals surface area (Å²) in [5, 5.41) is 3.50. The van der Waals surface area contributed by atoms with Crippen molar-refractivity contribution in [2.45, 2.75) is 18.9 Å². The van der Waals surface area contributed by atoms with Crippen LogP contribution < -0.4 is 10.9 Å². The first-order valence-corrected chi connectivity index (χ1v) is 8.83. The SMILES string of the molecule is O=C(Nc1ccccc1)[C@H]1CCCN1C(=O)c1cc2ccccc2oc1=O. The molecule has 4 rings (SSSR count). The lowest BCUT2D eigenvalue weighted by Gasteiger charge is -2.23. The van der Waals surface area contributed by atoms with Gasteiger partial charge in [0, 0.05) is 17.6 Å². The average Bonchev–Trinajstić information content (AvgIpc) is 3.18. The van der Waals surface area contributed by atoms with Gasteiger partial charge in [0.1, 0.15) is 17.2 Å². The summed E-state index contributed by atoms with van der Waals surface area (Å²) in [4.78, 5) is 39.4. The maximum atomic E-state index is 13.0. The highest BCUT2D eigenvalue weighted by atomic mass is 16.4. The molecule has 6 nitrogen and oxygen atoms in total. The number of benzene rings is 2. The Kier molecular flexibility index (Phi) is 4.46. The molecule has 0 bridgehead atoms. The molecule has 0 saturated carbocycles. The largest absolute Gasteiger partial charge is 0.422 e. The first kappa shape index (κ1) is 17.0. The second-order valence-electron chi connectivity index (χ2n) is 6.50. The fraction of sp³-hybridized carbons (Fsp3) is 0.190. The number of nitrogens with one attached hydrogen (secondary N) is 1. The van der Waals surface area contributed by atoms with Crippen molar-refractivity contribution in [2.75, 3.05) is 11.9 Å². The summed E-state index contributed by atoms with van der Waals surface area (Å²) >= 11 is 0. The van der Waals surface area contributed by atoms with E-state index < -0.39 is 17.6 Å². The Morgan fingerprint density at radius 3 is 2.59 bits per heavy atom. The van der Waals surface area contributed by atoms with Crippen molar-refractivity contribution in [3.63, 3.8) is 0 Å². The maximum absolute atomic E-state index is 13.0. The van der Waals surface area contributed by atoms with Gasteiger partial charge in [-0.25, -0.2) is 4.79 Å². The van der Waals surface area contributed by atoms with Gasteiger partial charge in [0.15, 0.2) is 0 Å². The van der Waals surface area contributed by atoms with Gasteiger partial charge in [-0.15, -0.1) is 0 Å². The molecule has 2 amide bonds. The van der Waals surface area contributed by atoms with Gasteiger partial charge < -0.3 is 14.6 Å². The van der Waals surface area contributed by atoms with Crippen LogP contribution in [0.3, 0.4) is 0 Å². The van der Waals surface area contributed by atoms with E-state index in [-0.39, 0.29) is 11.5 Å². The molecule has 1 fully saturated rings. The molecule has 0 unspecified atom stereocenters. The molecule has 1 N–H and O–H groups in total. The van der Waals surface area contributed by atoms with E-state index >= 15 is 0 Å². The number of anilines is 1. The van der Waals surface area contributed by atoms with Crippen LogP contribution in [-0.2, 0) is 4.79 Å². The van der Waals surface area contributed by atoms with Crippen LogP contribution in [0.2, 0.25) is 0 Å². The van der Waals surface area contributed by atoms with Crippen LogP contribution in [0, 0.1) is 0 Å². The Bertz CT molecular complexity index is 1060. The molecule has 1 saturated heterocycles. The topological polar surface area (TPSA) is 79.6 Å². The fourth-order valence-corrected chi connectivity index (χ4v) is 3.40. The van der Waals surface area contributed by atoms with Crippen LogP contribution in [0.25, 0.3) is 11.0 Å². The Morgan fingerprint density at radius 2 is 1.78 bits per heavy atom. The van der Waals surface area contributed by atoms with Gasteiger partial charge in [-0.05, 0) is 37.1 Å². The van der Waals surface area contributed by atoms with Crippen LogP contribution in [0.15, 0.2) is 69.9 Å². The summed E-state index contributed by atoms with van der Waals surface area (Å²) in [6.07, 6.45) is 1.26. The maximum Gasteiger partial charge on any atom is 0.349 e. The predicted octanol–water partition coefficient (Wildman–Crippen LogP) is 3.04. The molecule has 6 heteroatoms. The van der Waals surface area contributed by atoms with Gasteiger partial charge in [0.05, 0.1) is 0 Å². The average molecular weight is 362 g/mol. The second-order valence-corrected chi connectivity index (χ2v) is 6.50. The van der Waals surface area contributed by atoms with Crippen molar-refractivity contribution >= 4 is 28.5 Å². The summed E-state index contributed by atoms with van der Waals surface area (Å²) in [5.74, 6) is -0.725. The second kappa shape index (κ2) is 7.07. The number of rotatable bonds is 3. The smallest absolute Gasteiger partial charge is 0.349 e. The molecule has 1 aliphatic rings. The monoisotopic (exact) mass is 362 g/mol. The van der Waals surface area contributed by atoms with Crippen molar-refractivity contribution in [1.29, 1.82) is 0 Å². The standard InChI is InChI=1S/C21H18N2O4/c24-19(22-15-8-2-1-3-9-15)17-10-6-12-23(17)20(25)16-13-14-7-4-5-11-18(14)27-21(16)26/h1-5,7-9,11,13,17H,6,10,12H2,(H,22,24)/t17-/m1/s1. The molecule has 0 spiro atoms. The molecule has 1 aromatic heterocycles. The van der Waals surface area contributed by atoms with Crippen molar-refractivity contribution in [3.8, 4) is 0 Å². The highest BCUT2D eigenvalue weighted by Crippen LogP contribution is 2.22. The van der Waals surface area contributed by atoms with Crippen molar-refractivity contribution in [3.05, 3.63) is 76.6 Å². The van der Waals surface area contributed by atoms with E-state index in [2.05, 4.69) is 5.32 Å². The summed E-state index contributed by atoms with van der Waals surface area (Å²) in [5.41, 5.74) is 0.367. The Hall–Kier alpha value is -3.41. The Labute approximate surface area is 155 Å². The van der Waals surface area contributed by atoms with E-state index in [0.29, 0.717) is 36.0 Å². The quantitative estimate of drug-likeness (QED) is 0.727. The zero-order valence-electron chi connectivity index (χ0n) is 14.6. The van der Waals surface area contributed by atoms with Gasteiger partial charge in [0.2, 0.25) is 5.91 Å². The molecule has 136 valence electrons. The predicted molar refractivity (Wildman–Crippen MR) is 102 cm³/mol. The highest BCUT2D eigenvalue weighted by Gasteiger charge is 2.35. The number of likely N-dealkylation sites (tertiary alicyclic amines) is 1. The zero-order chi connectivity index (χ0) is 18.8. The van der Waals surface area contributed by atoms with Crippen LogP contribution >= 0.6 is 0 Å². The van der Waals surface area contributed by atoms with Crippen LogP contribution in [0.1, 0.15) is 23.2 Å². The summed E-state index contributed by atoms with van der Waals surface area (Å²) in [7, 11) is 0.